The predicted octanol–water partition coefficient (Wildman–Crippen LogP) is 2.16. The van der Waals surface area contributed by atoms with E-state index in [2.05, 4.69) is 10.6 Å². The third-order valence-corrected chi connectivity index (χ3v) is 4.03. The van der Waals surface area contributed by atoms with Crippen LogP contribution in [0.15, 0.2) is 36.4 Å². The molecule has 8 nitrogen and oxygen atoms in total. The summed E-state index contributed by atoms with van der Waals surface area (Å²) in [5, 5.41) is 5.50. The van der Waals surface area contributed by atoms with Crippen LogP contribution in [-0.4, -0.2) is 46.3 Å². The second-order valence-electron chi connectivity index (χ2n) is 6.01. The van der Waals surface area contributed by atoms with Crippen LogP contribution in [0.5, 0.6) is 23.0 Å². The van der Waals surface area contributed by atoms with E-state index in [-0.39, 0.29) is 25.0 Å². The molecule has 0 atom stereocenters. The molecule has 2 N–H and O–H groups in total. The standard InChI is InChI=1S/C21H26N2O6/c1-5-22-20(24)13-29-18-7-6-14(8-19(18)28-4)12-23-21(25)15-9-16(26-2)11-17(10-15)27-3/h6-11H,5,12-13H2,1-4H3,(H,22,24)(H,23,25). The predicted molar refractivity (Wildman–Crippen MR) is 108 cm³/mol. The van der Waals surface area contributed by atoms with E-state index in [0.717, 1.165) is 5.56 Å². The largest absolute Gasteiger partial charge is 0.497 e. The number of nitrogens with one attached hydrogen (secondary N) is 2. The smallest absolute Gasteiger partial charge is 0.257 e. The molecule has 2 aromatic carbocycles. The normalized spacial score (nSPS) is 10.1. The highest BCUT2D eigenvalue weighted by Crippen LogP contribution is 2.28. The zero-order chi connectivity index (χ0) is 21.2. The van der Waals surface area contributed by atoms with Crippen LogP contribution in [0.25, 0.3) is 0 Å². The van der Waals surface area contributed by atoms with Crippen molar-refractivity contribution in [3.05, 3.63) is 47.5 Å². The van der Waals surface area contributed by atoms with E-state index >= 15 is 0 Å². The number of benzene rings is 2. The Morgan fingerprint density at radius 1 is 0.862 bits per heavy atom. The lowest BCUT2D eigenvalue weighted by Crippen LogP contribution is -2.28. The molecule has 0 aliphatic rings. The topological polar surface area (TPSA) is 95.1 Å². The highest BCUT2D eigenvalue weighted by Gasteiger charge is 2.12. The van der Waals surface area contributed by atoms with E-state index < -0.39 is 0 Å². The molecule has 29 heavy (non-hydrogen) atoms. The van der Waals surface area contributed by atoms with E-state index in [1.165, 1.54) is 21.3 Å². The molecule has 0 saturated carbocycles. The number of methoxy groups -OCH3 is 3. The van der Waals surface area contributed by atoms with Crippen molar-refractivity contribution in [2.45, 2.75) is 13.5 Å². The van der Waals surface area contributed by atoms with Crippen molar-refractivity contribution in [3.8, 4) is 23.0 Å². The molecule has 2 rings (SSSR count). The van der Waals surface area contributed by atoms with Crippen molar-refractivity contribution in [1.29, 1.82) is 0 Å². The maximum atomic E-state index is 12.5. The first kappa shape index (κ1) is 21.9. The summed E-state index contributed by atoms with van der Waals surface area (Å²) in [6.07, 6.45) is 0. The number of amides is 2. The van der Waals surface area contributed by atoms with Gasteiger partial charge in [-0.25, -0.2) is 0 Å². The van der Waals surface area contributed by atoms with E-state index in [1.807, 2.05) is 6.92 Å². The molecule has 2 aromatic rings. The van der Waals surface area contributed by atoms with Gasteiger partial charge in [-0.3, -0.25) is 9.59 Å². The first-order chi connectivity index (χ1) is 14.0. The molecular formula is C21H26N2O6. The minimum absolute atomic E-state index is 0.0993. The van der Waals surface area contributed by atoms with Gasteiger partial charge in [0.05, 0.1) is 21.3 Å². The van der Waals surface area contributed by atoms with Crippen LogP contribution >= 0.6 is 0 Å². The Morgan fingerprint density at radius 2 is 1.55 bits per heavy atom. The molecule has 0 aliphatic carbocycles. The van der Waals surface area contributed by atoms with Gasteiger partial charge in [0.1, 0.15) is 11.5 Å². The molecule has 0 aromatic heterocycles. The van der Waals surface area contributed by atoms with Gasteiger partial charge in [-0.1, -0.05) is 6.07 Å². The lowest BCUT2D eigenvalue weighted by molar-refractivity contribution is -0.123. The molecule has 0 unspecified atom stereocenters. The SMILES string of the molecule is CCNC(=O)COc1ccc(CNC(=O)c2cc(OC)cc(OC)c2)cc1OC. The Balaban J connectivity index is 2.03. The molecule has 8 heteroatoms. The summed E-state index contributed by atoms with van der Waals surface area (Å²) in [7, 11) is 4.57. The van der Waals surface area contributed by atoms with Gasteiger partial charge in [0.15, 0.2) is 18.1 Å². The number of rotatable bonds is 10. The van der Waals surface area contributed by atoms with Gasteiger partial charge in [0, 0.05) is 24.7 Å². The van der Waals surface area contributed by atoms with Crippen LogP contribution in [0.1, 0.15) is 22.8 Å². The zero-order valence-electron chi connectivity index (χ0n) is 17.0. The van der Waals surface area contributed by atoms with Crippen molar-refractivity contribution < 1.29 is 28.5 Å². The van der Waals surface area contributed by atoms with Gasteiger partial charge in [-0.15, -0.1) is 0 Å². The molecule has 0 radical (unpaired) electrons. The summed E-state index contributed by atoms with van der Waals surface area (Å²) < 4.78 is 21.2. The number of likely N-dealkylation sites (N-methyl/N-ethyl adjacent to an activating group) is 1. The average molecular weight is 402 g/mol. The third-order valence-electron chi connectivity index (χ3n) is 4.03. The highest BCUT2D eigenvalue weighted by molar-refractivity contribution is 5.95. The fourth-order valence-corrected chi connectivity index (χ4v) is 2.56. The monoisotopic (exact) mass is 402 g/mol. The number of carbonyl (C=O) groups is 2. The first-order valence-corrected chi connectivity index (χ1v) is 9.08. The van der Waals surface area contributed by atoms with Gasteiger partial charge in [-0.2, -0.15) is 0 Å². The number of hydrogen-bond acceptors (Lipinski definition) is 6. The summed E-state index contributed by atoms with van der Waals surface area (Å²) in [5.74, 6) is 1.52. The van der Waals surface area contributed by atoms with E-state index in [9.17, 15) is 9.59 Å². The number of ether oxygens (including phenoxy) is 4. The Labute approximate surface area is 170 Å². The second kappa shape index (κ2) is 10.8. The summed E-state index contributed by atoms with van der Waals surface area (Å²) in [6.45, 7) is 2.56. The van der Waals surface area contributed by atoms with Crippen molar-refractivity contribution in [3.63, 3.8) is 0 Å². The summed E-state index contributed by atoms with van der Waals surface area (Å²) in [4.78, 5) is 24.0. The van der Waals surface area contributed by atoms with E-state index in [4.69, 9.17) is 18.9 Å². The first-order valence-electron chi connectivity index (χ1n) is 9.08. The maximum Gasteiger partial charge on any atom is 0.257 e. The van der Waals surface area contributed by atoms with E-state index in [0.29, 0.717) is 35.1 Å². The van der Waals surface area contributed by atoms with Crippen LogP contribution in [0.3, 0.4) is 0 Å². The minimum atomic E-state index is -0.266. The minimum Gasteiger partial charge on any atom is -0.497 e. The summed E-state index contributed by atoms with van der Waals surface area (Å²) in [6, 6.07) is 10.2. The highest BCUT2D eigenvalue weighted by atomic mass is 16.5. The lowest BCUT2D eigenvalue weighted by atomic mass is 10.1. The summed E-state index contributed by atoms with van der Waals surface area (Å²) in [5.41, 5.74) is 1.24. The lowest BCUT2D eigenvalue weighted by Gasteiger charge is -2.13. The molecule has 0 spiro atoms. The molecular weight excluding hydrogens is 376 g/mol. The Morgan fingerprint density at radius 3 is 2.14 bits per heavy atom. The van der Waals surface area contributed by atoms with Gasteiger partial charge in [-0.05, 0) is 36.8 Å². The fourth-order valence-electron chi connectivity index (χ4n) is 2.56. The van der Waals surface area contributed by atoms with Crippen LogP contribution in [0, 0.1) is 0 Å². The van der Waals surface area contributed by atoms with E-state index in [1.54, 1.807) is 36.4 Å². The number of hydrogen-bond donors (Lipinski definition) is 2. The molecule has 0 fully saturated rings. The zero-order valence-corrected chi connectivity index (χ0v) is 17.0. The van der Waals surface area contributed by atoms with Crippen molar-refractivity contribution >= 4 is 11.8 Å². The quantitative estimate of drug-likeness (QED) is 0.632. The summed E-state index contributed by atoms with van der Waals surface area (Å²) >= 11 is 0. The molecule has 0 bridgehead atoms. The third kappa shape index (κ3) is 6.31. The van der Waals surface area contributed by atoms with Crippen molar-refractivity contribution in [2.75, 3.05) is 34.5 Å². The van der Waals surface area contributed by atoms with Crippen LogP contribution in [0.4, 0.5) is 0 Å². The fraction of sp³-hybridized carbons (Fsp3) is 0.333. The molecule has 0 heterocycles. The average Bonchev–Trinajstić information content (AvgIpc) is 2.75. The molecule has 156 valence electrons. The van der Waals surface area contributed by atoms with Crippen molar-refractivity contribution in [2.24, 2.45) is 0 Å². The van der Waals surface area contributed by atoms with Gasteiger partial charge in [0.25, 0.3) is 11.8 Å². The Kier molecular flexibility index (Phi) is 8.14. The van der Waals surface area contributed by atoms with Crippen molar-refractivity contribution in [1.82, 2.24) is 10.6 Å². The Hall–Kier alpha value is -3.42. The molecule has 2 amide bonds. The van der Waals surface area contributed by atoms with Gasteiger partial charge >= 0.3 is 0 Å². The van der Waals surface area contributed by atoms with Gasteiger partial charge in [0.2, 0.25) is 0 Å². The van der Waals surface area contributed by atoms with Crippen LogP contribution < -0.4 is 29.6 Å². The maximum absolute atomic E-state index is 12.5. The molecule has 0 saturated heterocycles. The van der Waals surface area contributed by atoms with Crippen LogP contribution in [0.2, 0.25) is 0 Å². The second-order valence-corrected chi connectivity index (χ2v) is 6.01. The van der Waals surface area contributed by atoms with Crippen LogP contribution in [-0.2, 0) is 11.3 Å². The van der Waals surface area contributed by atoms with Gasteiger partial charge < -0.3 is 29.6 Å². The Bertz CT molecular complexity index is 831. The molecule has 0 aliphatic heterocycles. The number of carbonyl (C=O) groups excluding carboxylic acids is 2.